The van der Waals surface area contributed by atoms with Crippen LogP contribution in [0.5, 0.6) is 5.75 Å². The first kappa shape index (κ1) is 12.6. The molecule has 1 aromatic heterocycles. The normalized spacial score (nSPS) is 11.6. The standard InChI is InChI=1S/C11H5ClF3NO2/c12-10-7(5-17)3-6-4-8(18-11(13,14)15)1-2-9(6)16-10/h1-5H. The molecule has 0 amide bonds. The van der Waals surface area contributed by atoms with Gasteiger partial charge in [-0.25, -0.2) is 4.98 Å². The van der Waals surface area contributed by atoms with Crippen molar-refractivity contribution in [1.29, 1.82) is 0 Å². The molecule has 1 aromatic carbocycles. The van der Waals surface area contributed by atoms with E-state index in [4.69, 9.17) is 11.6 Å². The van der Waals surface area contributed by atoms with Gasteiger partial charge < -0.3 is 4.74 Å². The Balaban J connectivity index is 2.50. The average Bonchev–Trinajstić information content (AvgIpc) is 2.26. The van der Waals surface area contributed by atoms with Crippen molar-refractivity contribution in [2.45, 2.75) is 6.36 Å². The highest BCUT2D eigenvalue weighted by molar-refractivity contribution is 6.32. The zero-order valence-corrected chi connectivity index (χ0v) is 9.42. The van der Waals surface area contributed by atoms with Crippen molar-refractivity contribution in [2.24, 2.45) is 0 Å². The van der Waals surface area contributed by atoms with E-state index in [0.717, 1.165) is 12.1 Å². The van der Waals surface area contributed by atoms with Crippen molar-refractivity contribution < 1.29 is 22.7 Å². The molecule has 2 rings (SSSR count). The van der Waals surface area contributed by atoms with E-state index in [9.17, 15) is 18.0 Å². The highest BCUT2D eigenvalue weighted by Gasteiger charge is 2.31. The molecule has 2 aromatic rings. The van der Waals surface area contributed by atoms with E-state index in [1.807, 2.05) is 0 Å². The largest absolute Gasteiger partial charge is 0.573 e. The van der Waals surface area contributed by atoms with Crippen LogP contribution in [0.3, 0.4) is 0 Å². The molecule has 0 atom stereocenters. The van der Waals surface area contributed by atoms with Crippen LogP contribution in [0.4, 0.5) is 13.2 Å². The summed E-state index contributed by atoms with van der Waals surface area (Å²) < 4.78 is 39.9. The van der Waals surface area contributed by atoms with Crippen molar-refractivity contribution in [3.63, 3.8) is 0 Å². The van der Waals surface area contributed by atoms with E-state index < -0.39 is 6.36 Å². The topological polar surface area (TPSA) is 39.2 Å². The van der Waals surface area contributed by atoms with Gasteiger partial charge in [0.15, 0.2) is 6.29 Å². The molecule has 3 nitrogen and oxygen atoms in total. The van der Waals surface area contributed by atoms with Gasteiger partial charge in [-0.1, -0.05) is 11.6 Å². The number of ether oxygens (including phenoxy) is 1. The quantitative estimate of drug-likeness (QED) is 0.621. The summed E-state index contributed by atoms with van der Waals surface area (Å²) in [6.45, 7) is 0. The Labute approximate surface area is 104 Å². The minimum Gasteiger partial charge on any atom is -0.406 e. The molecule has 0 aliphatic carbocycles. The fourth-order valence-electron chi connectivity index (χ4n) is 1.43. The molecule has 94 valence electrons. The first-order chi connectivity index (χ1) is 8.39. The number of nitrogens with zero attached hydrogens (tertiary/aromatic N) is 1. The van der Waals surface area contributed by atoms with Gasteiger partial charge in [0.25, 0.3) is 0 Å². The monoisotopic (exact) mass is 275 g/mol. The van der Waals surface area contributed by atoms with Crippen molar-refractivity contribution in [3.8, 4) is 5.75 Å². The van der Waals surface area contributed by atoms with Gasteiger partial charge >= 0.3 is 6.36 Å². The van der Waals surface area contributed by atoms with E-state index in [1.54, 1.807) is 0 Å². The number of hydrogen-bond acceptors (Lipinski definition) is 3. The molecule has 0 unspecified atom stereocenters. The number of hydrogen-bond donors (Lipinski definition) is 0. The molecule has 0 aliphatic heterocycles. The van der Waals surface area contributed by atoms with Gasteiger partial charge in [0, 0.05) is 5.39 Å². The predicted molar refractivity (Wildman–Crippen MR) is 58.8 cm³/mol. The molecule has 0 radical (unpaired) electrons. The molecule has 0 bridgehead atoms. The van der Waals surface area contributed by atoms with Gasteiger partial charge in [-0.05, 0) is 24.3 Å². The van der Waals surface area contributed by atoms with Crippen molar-refractivity contribution in [2.75, 3.05) is 0 Å². The lowest BCUT2D eigenvalue weighted by Gasteiger charge is -2.09. The van der Waals surface area contributed by atoms with Crippen LogP contribution in [0.25, 0.3) is 10.9 Å². The third kappa shape index (κ3) is 2.70. The SMILES string of the molecule is O=Cc1cc2cc(OC(F)(F)F)ccc2nc1Cl. The van der Waals surface area contributed by atoms with E-state index in [0.29, 0.717) is 17.2 Å². The summed E-state index contributed by atoms with van der Waals surface area (Å²) in [5.41, 5.74) is 0.480. The molecule has 0 saturated carbocycles. The number of carbonyl (C=O) groups is 1. The summed E-state index contributed by atoms with van der Waals surface area (Å²) in [5.74, 6) is -0.379. The summed E-state index contributed by atoms with van der Waals surface area (Å²) in [4.78, 5) is 14.5. The van der Waals surface area contributed by atoms with Gasteiger partial charge in [0.05, 0.1) is 11.1 Å². The van der Waals surface area contributed by atoms with Crippen LogP contribution in [0.2, 0.25) is 5.15 Å². The van der Waals surface area contributed by atoms with Crippen LogP contribution in [-0.4, -0.2) is 17.6 Å². The van der Waals surface area contributed by atoms with E-state index in [-0.39, 0.29) is 16.5 Å². The first-order valence-electron chi connectivity index (χ1n) is 4.70. The lowest BCUT2D eigenvalue weighted by Crippen LogP contribution is -2.17. The maximum atomic E-state index is 12.0. The summed E-state index contributed by atoms with van der Waals surface area (Å²) in [6.07, 6.45) is -4.28. The second kappa shape index (κ2) is 4.45. The smallest absolute Gasteiger partial charge is 0.406 e. The Kier molecular flexibility index (Phi) is 3.13. The van der Waals surface area contributed by atoms with Gasteiger partial charge in [0.2, 0.25) is 0 Å². The highest BCUT2D eigenvalue weighted by Crippen LogP contribution is 2.27. The molecule has 0 N–H and O–H groups in total. The summed E-state index contributed by atoms with van der Waals surface area (Å²) >= 11 is 5.70. The second-order valence-electron chi connectivity index (χ2n) is 3.39. The number of halogens is 4. The van der Waals surface area contributed by atoms with Crippen molar-refractivity contribution >= 4 is 28.8 Å². The van der Waals surface area contributed by atoms with Crippen LogP contribution in [0.1, 0.15) is 10.4 Å². The minimum absolute atomic E-state index is 0.00184. The average molecular weight is 276 g/mol. The fourth-order valence-corrected chi connectivity index (χ4v) is 1.62. The molecule has 0 aliphatic rings. The zero-order valence-electron chi connectivity index (χ0n) is 8.66. The number of pyridine rings is 1. The van der Waals surface area contributed by atoms with Gasteiger partial charge in [-0.15, -0.1) is 13.2 Å². The van der Waals surface area contributed by atoms with Crippen LogP contribution >= 0.6 is 11.6 Å². The number of alkyl halides is 3. The van der Waals surface area contributed by atoms with E-state index >= 15 is 0 Å². The van der Waals surface area contributed by atoms with Crippen LogP contribution < -0.4 is 4.74 Å². The number of fused-ring (bicyclic) bond motifs is 1. The number of benzene rings is 1. The van der Waals surface area contributed by atoms with Gasteiger partial charge in [-0.2, -0.15) is 0 Å². The third-order valence-corrected chi connectivity index (χ3v) is 2.43. The molecular weight excluding hydrogens is 271 g/mol. The third-order valence-electron chi connectivity index (χ3n) is 2.13. The molecule has 7 heteroatoms. The Morgan fingerprint density at radius 1 is 1.28 bits per heavy atom. The van der Waals surface area contributed by atoms with Crippen molar-refractivity contribution in [1.82, 2.24) is 4.98 Å². The van der Waals surface area contributed by atoms with Crippen LogP contribution in [0, 0.1) is 0 Å². The van der Waals surface area contributed by atoms with E-state index in [1.165, 1.54) is 12.1 Å². The summed E-state index contributed by atoms with van der Waals surface area (Å²) in [6, 6.07) is 4.94. The van der Waals surface area contributed by atoms with Crippen LogP contribution in [0.15, 0.2) is 24.3 Å². The number of aldehydes is 1. The minimum atomic E-state index is -4.76. The molecule has 0 spiro atoms. The lowest BCUT2D eigenvalue weighted by atomic mass is 10.1. The Hall–Kier alpha value is -1.82. The molecule has 18 heavy (non-hydrogen) atoms. The maximum Gasteiger partial charge on any atom is 0.573 e. The van der Waals surface area contributed by atoms with Crippen molar-refractivity contribution in [3.05, 3.63) is 35.0 Å². The van der Waals surface area contributed by atoms with Gasteiger partial charge in [-0.3, -0.25) is 4.79 Å². The molecular formula is C11H5ClF3NO2. The first-order valence-corrected chi connectivity index (χ1v) is 5.08. The second-order valence-corrected chi connectivity index (χ2v) is 3.75. The van der Waals surface area contributed by atoms with E-state index in [2.05, 4.69) is 9.72 Å². The zero-order chi connectivity index (χ0) is 13.3. The molecule has 0 saturated heterocycles. The molecule has 1 heterocycles. The Bertz CT molecular complexity index is 613. The maximum absolute atomic E-state index is 12.0. The van der Waals surface area contributed by atoms with Gasteiger partial charge in [0.1, 0.15) is 10.9 Å². The van der Waals surface area contributed by atoms with Crippen LogP contribution in [-0.2, 0) is 0 Å². The number of rotatable bonds is 2. The lowest BCUT2D eigenvalue weighted by molar-refractivity contribution is -0.274. The fraction of sp³-hybridized carbons (Fsp3) is 0.0909. The summed E-state index contributed by atoms with van der Waals surface area (Å²) in [7, 11) is 0. The Morgan fingerprint density at radius 2 is 2.00 bits per heavy atom. The predicted octanol–water partition coefficient (Wildman–Crippen LogP) is 3.60. The number of carbonyl (C=O) groups excluding carboxylic acids is 1. The number of aromatic nitrogens is 1. The Morgan fingerprint density at radius 3 is 2.61 bits per heavy atom. The highest BCUT2D eigenvalue weighted by atomic mass is 35.5. The summed E-state index contributed by atoms with van der Waals surface area (Å²) in [5, 5.41) is 0.338. The molecule has 0 fully saturated rings.